The molecule has 154 valence electrons. The predicted octanol–water partition coefficient (Wildman–Crippen LogP) is 4.74. The molecule has 0 aliphatic heterocycles. The van der Waals surface area contributed by atoms with Gasteiger partial charge in [-0.2, -0.15) is 18.6 Å². The third kappa shape index (κ3) is 8.36. The summed E-state index contributed by atoms with van der Waals surface area (Å²) in [4.78, 5) is 0.644. The Bertz CT molecular complexity index is 980. The van der Waals surface area contributed by atoms with Crippen molar-refractivity contribution in [3.8, 4) is 0 Å². The van der Waals surface area contributed by atoms with Crippen molar-refractivity contribution in [2.75, 3.05) is 6.61 Å². The molecule has 1 atom stereocenters. The van der Waals surface area contributed by atoms with Crippen LogP contribution < -0.4 is 0 Å². The van der Waals surface area contributed by atoms with Crippen LogP contribution >= 0.6 is 0 Å². The van der Waals surface area contributed by atoms with Crippen molar-refractivity contribution in [2.24, 2.45) is 10.2 Å². The van der Waals surface area contributed by atoms with Crippen LogP contribution in [0.1, 0.15) is 29.2 Å². The van der Waals surface area contributed by atoms with E-state index in [0.29, 0.717) is 11.5 Å². The molecule has 0 aromatic heterocycles. The number of nitrogens with zero attached hydrogens (tertiary/aromatic N) is 2. The van der Waals surface area contributed by atoms with E-state index in [1.807, 2.05) is 39.0 Å². The number of benzene rings is 2. The first kappa shape index (κ1) is 24.1. The van der Waals surface area contributed by atoms with Gasteiger partial charge >= 0.3 is 10.4 Å². The second-order valence-electron chi connectivity index (χ2n) is 5.96. The molecule has 2 aromatic rings. The molecule has 0 radical (unpaired) electrons. The van der Waals surface area contributed by atoms with E-state index in [9.17, 15) is 4.21 Å². The highest BCUT2D eigenvalue weighted by molar-refractivity contribution is 7.80. The third-order valence-corrected chi connectivity index (χ3v) is 4.75. The molecule has 10 heteroatoms. The van der Waals surface area contributed by atoms with Gasteiger partial charge in [-0.3, -0.25) is 13.3 Å². The van der Waals surface area contributed by atoms with E-state index in [1.165, 1.54) is 11.1 Å². The Morgan fingerprint density at radius 3 is 1.93 bits per heavy atom. The molecule has 2 N–H and O–H groups in total. The number of hydrogen-bond donors (Lipinski definition) is 2. The first-order valence-electron chi connectivity index (χ1n) is 8.27. The van der Waals surface area contributed by atoms with Crippen molar-refractivity contribution in [3.05, 3.63) is 52.6 Å². The monoisotopic (exact) mass is 428 g/mol. The van der Waals surface area contributed by atoms with Gasteiger partial charge in [0.25, 0.3) is 0 Å². The Hall–Kier alpha value is -1.98. The average Bonchev–Trinajstić information content (AvgIpc) is 2.56. The Morgan fingerprint density at radius 1 is 0.893 bits per heavy atom. The Morgan fingerprint density at radius 2 is 1.39 bits per heavy atom. The molecule has 2 rings (SSSR count). The van der Waals surface area contributed by atoms with E-state index in [4.69, 9.17) is 21.7 Å². The van der Waals surface area contributed by atoms with Crippen molar-refractivity contribution in [2.45, 2.75) is 39.5 Å². The second kappa shape index (κ2) is 10.5. The molecule has 0 heterocycles. The minimum Gasteiger partial charge on any atom is -0.287 e. The topological polar surface area (TPSA) is 126 Å². The van der Waals surface area contributed by atoms with Gasteiger partial charge in [0.15, 0.2) is 11.1 Å². The molecule has 0 aliphatic rings. The summed E-state index contributed by atoms with van der Waals surface area (Å²) in [6, 6.07) is 9.57. The first-order valence-corrected chi connectivity index (χ1v) is 10.7. The summed E-state index contributed by atoms with van der Waals surface area (Å²) in [5.74, 6) is 0. The summed E-state index contributed by atoms with van der Waals surface area (Å²) >= 11 is -1.42. The standard InChI is InChI=1S/C18H22N2O2S.H2O4S/c1-6-22-23(21)16-7-8-17(15(5)10-16)19-20-18-11-13(3)12(2)9-14(18)4;1-5(2,3)4/h7-11H,6H2,1-5H3;(H2,1,2,3,4). The van der Waals surface area contributed by atoms with Crippen molar-refractivity contribution in [1.82, 2.24) is 0 Å². The summed E-state index contributed by atoms with van der Waals surface area (Å²) < 4.78 is 48.5. The predicted molar refractivity (Wildman–Crippen MR) is 108 cm³/mol. The molecule has 0 saturated carbocycles. The summed E-state index contributed by atoms with van der Waals surface area (Å²) in [5, 5.41) is 8.71. The number of hydrogen-bond acceptors (Lipinski definition) is 6. The van der Waals surface area contributed by atoms with Gasteiger partial charge in [0.1, 0.15) is 0 Å². The van der Waals surface area contributed by atoms with E-state index < -0.39 is 21.5 Å². The molecule has 0 spiro atoms. The quantitative estimate of drug-likeness (QED) is 0.523. The minimum atomic E-state index is -4.67. The van der Waals surface area contributed by atoms with Crippen LogP contribution in [0.15, 0.2) is 45.5 Å². The molecular weight excluding hydrogens is 404 g/mol. The van der Waals surface area contributed by atoms with Gasteiger partial charge in [-0.05, 0) is 81.1 Å². The lowest BCUT2D eigenvalue weighted by atomic mass is 10.1. The Balaban J connectivity index is 0.000000696. The van der Waals surface area contributed by atoms with Crippen LogP contribution in [0.25, 0.3) is 0 Å². The van der Waals surface area contributed by atoms with Crippen LogP contribution in [0.2, 0.25) is 0 Å². The van der Waals surface area contributed by atoms with Crippen LogP contribution in [0, 0.1) is 27.7 Å². The molecule has 2 aromatic carbocycles. The molecule has 0 fully saturated rings. The highest BCUT2D eigenvalue weighted by Crippen LogP contribution is 2.27. The largest absolute Gasteiger partial charge is 0.394 e. The smallest absolute Gasteiger partial charge is 0.287 e. The Labute approximate surface area is 167 Å². The van der Waals surface area contributed by atoms with Crippen molar-refractivity contribution in [3.63, 3.8) is 0 Å². The second-order valence-corrected chi connectivity index (χ2v) is 8.03. The molecule has 8 nitrogen and oxygen atoms in total. The molecule has 0 saturated heterocycles. The maximum absolute atomic E-state index is 11.8. The Kier molecular flexibility index (Phi) is 9.05. The van der Waals surface area contributed by atoms with Gasteiger partial charge in [0, 0.05) is 0 Å². The summed E-state index contributed by atoms with van der Waals surface area (Å²) in [6.07, 6.45) is 0. The highest BCUT2D eigenvalue weighted by Gasteiger charge is 2.07. The fraction of sp³-hybridized carbons (Fsp3) is 0.333. The first-order chi connectivity index (χ1) is 12.9. The van der Waals surface area contributed by atoms with E-state index in [-0.39, 0.29) is 0 Å². The van der Waals surface area contributed by atoms with Gasteiger partial charge in [0.05, 0.1) is 22.9 Å². The molecule has 0 amide bonds. The van der Waals surface area contributed by atoms with Gasteiger partial charge < -0.3 is 0 Å². The third-order valence-electron chi connectivity index (χ3n) is 3.66. The van der Waals surface area contributed by atoms with E-state index in [0.717, 1.165) is 22.5 Å². The molecular formula is C18H24N2O6S2. The summed E-state index contributed by atoms with van der Waals surface area (Å²) in [5.41, 5.74) is 6.10. The highest BCUT2D eigenvalue weighted by atomic mass is 32.3. The van der Waals surface area contributed by atoms with Gasteiger partial charge in [0.2, 0.25) is 0 Å². The van der Waals surface area contributed by atoms with Crippen LogP contribution in [0.5, 0.6) is 0 Å². The molecule has 0 bridgehead atoms. The zero-order chi connectivity index (χ0) is 21.5. The van der Waals surface area contributed by atoms with Crippen LogP contribution in [0.3, 0.4) is 0 Å². The molecule has 1 unspecified atom stereocenters. The maximum Gasteiger partial charge on any atom is 0.394 e. The van der Waals surface area contributed by atoms with Crippen molar-refractivity contribution in [1.29, 1.82) is 0 Å². The lowest BCUT2D eigenvalue weighted by Crippen LogP contribution is -1.97. The zero-order valence-corrected chi connectivity index (χ0v) is 18.0. The van der Waals surface area contributed by atoms with Crippen LogP contribution in [-0.4, -0.2) is 28.3 Å². The van der Waals surface area contributed by atoms with Crippen molar-refractivity contribution >= 4 is 32.9 Å². The van der Waals surface area contributed by atoms with Crippen molar-refractivity contribution < 1.29 is 25.9 Å². The van der Waals surface area contributed by atoms with Gasteiger partial charge in [-0.15, -0.1) is 0 Å². The van der Waals surface area contributed by atoms with Crippen LogP contribution in [-0.2, 0) is 25.7 Å². The molecule has 0 aliphatic carbocycles. The van der Waals surface area contributed by atoms with Gasteiger partial charge in [-0.1, -0.05) is 6.07 Å². The summed E-state index contributed by atoms with van der Waals surface area (Å²) in [7, 11) is -4.67. The zero-order valence-electron chi connectivity index (χ0n) is 16.3. The lowest BCUT2D eigenvalue weighted by molar-refractivity contribution is 0.371. The maximum atomic E-state index is 11.8. The van der Waals surface area contributed by atoms with E-state index in [2.05, 4.69) is 30.1 Å². The number of aryl methyl sites for hydroxylation is 4. The normalized spacial score (nSPS) is 12.5. The lowest BCUT2D eigenvalue weighted by Gasteiger charge is -2.06. The number of azo groups is 1. The SMILES string of the molecule is CCOS(=O)c1ccc(N=Nc2cc(C)c(C)cc2C)c(C)c1.O=S(=O)(O)O. The number of rotatable bonds is 5. The minimum absolute atomic E-state index is 0.416. The fourth-order valence-corrected chi connectivity index (χ4v) is 2.98. The molecule has 28 heavy (non-hydrogen) atoms. The van der Waals surface area contributed by atoms with E-state index in [1.54, 1.807) is 6.07 Å². The fourth-order valence-electron chi connectivity index (χ4n) is 2.18. The van der Waals surface area contributed by atoms with Gasteiger partial charge in [-0.25, -0.2) is 4.21 Å². The summed E-state index contributed by atoms with van der Waals surface area (Å²) in [6.45, 7) is 10.3. The average molecular weight is 429 g/mol. The van der Waals surface area contributed by atoms with Crippen LogP contribution in [0.4, 0.5) is 11.4 Å². The van der Waals surface area contributed by atoms with E-state index >= 15 is 0 Å².